The summed E-state index contributed by atoms with van der Waals surface area (Å²) < 4.78 is 0. The maximum atomic E-state index is 7.00. The van der Waals surface area contributed by atoms with E-state index in [2.05, 4.69) is 43.0 Å². The zero-order valence-electron chi connectivity index (χ0n) is 12.2. The minimum Gasteiger partial charge on any atom is -0.400 e. The molecule has 0 amide bonds. The molecule has 19 heavy (non-hydrogen) atoms. The van der Waals surface area contributed by atoms with E-state index in [0.29, 0.717) is 0 Å². The van der Waals surface area contributed by atoms with Crippen LogP contribution in [0.1, 0.15) is 17.5 Å². The Labute approximate surface area is 116 Å². The van der Waals surface area contributed by atoms with Crippen LogP contribution in [0, 0.1) is 0 Å². The summed E-state index contributed by atoms with van der Waals surface area (Å²) in [4.78, 5) is 0. The van der Waals surface area contributed by atoms with E-state index in [1.165, 1.54) is 16.7 Å². The predicted octanol–water partition coefficient (Wildman–Crippen LogP) is 1.55. The Bertz CT molecular complexity index is 333. The van der Waals surface area contributed by atoms with Crippen LogP contribution in [0.5, 0.6) is 0 Å². The first-order chi connectivity index (χ1) is 9.38. The summed E-state index contributed by atoms with van der Waals surface area (Å²) in [6, 6.07) is 8.36. The molecule has 0 radical (unpaired) electrons. The van der Waals surface area contributed by atoms with E-state index in [9.17, 15) is 0 Å². The fraction of sp³-hybridized carbons (Fsp3) is 0.333. The van der Waals surface area contributed by atoms with Gasteiger partial charge < -0.3 is 20.4 Å². The lowest BCUT2D eigenvalue weighted by molar-refractivity contribution is 0.399. The van der Waals surface area contributed by atoms with Gasteiger partial charge in [0.05, 0.1) is 0 Å². The minimum atomic E-state index is 0.997. The van der Waals surface area contributed by atoms with Crippen molar-refractivity contribution >= 4 is 11.6 Å². The van der Waals surface area contributed by atoms with Gasteiger partial charge in [-0.1, -0.05) is 43.0 Å². The van der Waals surface area contributed by atoms with Gasteiger partial charge in [0.15, 0.2) is 0 Å². The van der Waals surface area contributed by atoms with Crippen molar-refractivity contribution in [3.05, 3.63) is 48.0 Å². The Kier molecular flexibility index (Phi) is 22.6. The molecule has 1 aliphatic rings. The Morgan fingerprint density at radius 3 is 1.79 bits per heavy atom. The predicted molar refractivity (Wildman–Crippen MR) is 81.7 cm³/mol. The summed E-state index contributed by atoms with van der Waals surface area (Å²) >= 11 is 0. The van der Waals surface area contributed by atoms with Crippen LogP contribution in [0.4, 0.5) is 0 Å². The van der Waals surface area contributed by atoms with Gasteiger partial charge in [0.2, 0.25) is 0 Å². The molecule has 0 aromatic heterocycles. The van der Waals surface area contributed by atoms with E-state index >= 15 is 0 Å². The molecule has 0 saturated heterocycles. The average Bonchev–Trinajstić information content (AvgIpc) is 2.56. The van der Waals surface area contributed by atoms with Crippen molar-refractivity contribution in [3.8, 4) is 0 Å². The lowest BCUT2D eigenvalue weighted by atomic mass is 9.94. The molecule has 4 nitrogen and oxygen atoms in total. The largest absolute Gasteiger partial charge is 0.400 e. The van der Waals surface area contributed by atoms with E-state index in [1.807, 2.05) is 0 Å². The van der Waals surface area contributed by atoms with Gasteiger partial charge in [-0.15, -0.1) is 0 Å². The van der Waals surface area contributed by atoms with Crippen molar-refractivity contribution in [2.24, 2.45) is 0 Å². The molecule has 110 valence electrons. The second-order valence-corrected chi connectivity index (χ2v) is 2.80. The molecule has 0 heterocycles. The molecule has 2 rings (SSSR count). The standard InChI is InChI=1S/C11H10.4CH4O/c1-9-5-4-7-10-6-2-3-8-11(9)10;4*1-2/h2-4,6-8H,1,5H2;4*2H,1H3. The summed E-state index contributed by atoms with van der Waals surface area (Å²) in [5.41, 5.74) is 3.82. The lowest BCUT2D eigenvalue weighted by Crippen LogP contribution is -1.90. The number of benzene rings is 1. The summed E-state index contributed by atoms with van der Waals surface area (Å²) in [6.45, 7) is 4.00. The monoisotopic (exact) mass is 270 g/mol. The molecule has 0 saturated carbocycles. The van der Waals surface area contributed by atoms with E-state index < -0.39 is 0 Å². The molecule has 4 N–H and O–H groups in total. The average molecular weight is 270 g/mol. The Morgan fingerprint density at radius 1 is 0.842 bits per heavy atom. The molecule has 4 heteroatoms. The second kappa shape index (κ2) is 18.9. The number of aliphatic hydroxyl groups excluding tert-OH is 4. The van der Waals surface area contributed by atoms with Crippen molar-refractivity contribution in [1.29, 1.82) is 0 Å². The van der Waals surface area contributed by atoms with Gasteiger partial charge >= 0.3 is 0 Å². The van der Waals surface area contributed by atoms with Crippen molar-refractivity contribution < 1.29 is 20.4 Å². The van der Waals surface area contributed by atoms with Gasteiger partial charge in [-0.25, -0.2) is 0 Å². The van der Waals surface area contributed by atoms with Crippen LogP contribution in [0.3, 0.4) is 0 Å². The van der Waals surface area contributed by atoms with E-state index in [4.69, 9.17) is 20.4 Å². The third-order valence-electron chi connectivity index (χ3n) is 2.00. The molecular formula is C15H26O4. The number of hydrogen-bond donors (Lipinski definition) is 4. The lowest BCUT2D eigenvalue weighted by Gasteiger charge is -2.11. The van der Waals surface area contributed by atoms with Crippen LogP contribution in [-0.2, 0) is 0 Å². The van der Waals surface area contributed by atoms with Crippen molar-refractivity contribution in [1.82, 2.24) is 0 Å². The van der Waals surface area contributed by atoms with Crippen molar-refractivity contribution in [3.63, 3.8) is 0 Å². The molecule has 1 aliphatic carbocycles. The fourth-order valence-corrected chi connectivity index (χ4v) is 1.40. The number of allylic oxidation sites excluding steroid dienone is 2. The third-order valence-corrected chi connectivity index (χ3v) is 2.00. The number of rotatable bonds is 0. The zero-order chi connectivity index (χ0) is 15.7. The van der Waals surface area contributed by atoms with Crippen molar-refractivity contribution in [2.45, 2.75) is 6.42 Å². The fourth-order valence-electron chi connectivity index (χ4n) is 1.40. The minimum absolute atomic E-state index is 0.997. The normalized spacial score (nSPS) is 9.79. The van der Waals surface area contributed by atoms with Crippen molar-refractivity contribution in [2.75, 3.05) is 28.4 Å². The van der Waals surface area contributed by atoms with Gasteiger partial charge in [0.1, 0.15) is 0 Å². The van der Waals surface area contributed by atoms with E-state index in [0.717, 1.165) is 34.9 Å². The molecule has 0 aliphatic heterocycles. The summed E-state index contributed by atoms with van der Waals surface area (Å²) in [5.74, 6) is 0. The first-order valence-electron chi connectivity index (χ1n) is 5.60. The van der Waals surface area contributed by atoms with Crippen LogP contribution in [0.25, 0.3) is 11.6 Å². The molecule has 1 aromatic carbocycles. The molecular weight excluding hydrogens is 244 g/mol. The third kappa shape index (κ3) is 9.16. The van der Waals surface area contributed by atoms with E-state index in [-0.39, 0.29) is 0 Å². The SMILES string of the molecule is C=C1CC=Cc2ccccc21.CO.CO.CO.CO. The molecule has 0 fully saturated rings. The second-order valence-electron chi connectivity index (χ2n) is 2.80. The molecule has 0 bridgehead atoms. The molecule has 0 atom stereocenters. The van der Waals surface area contributed by atoms with Crippen LogP contribution in [-0.4, -0.2) is 48.9 Å². The summed E-state index contributed by atoms with van der Waals surface area (Å²) in [6.07, 6.45) is 5.31. The van der Waals surface area contributed by atoms with E-state index in [1.54, 1.807) is 0 Å². The number of hydrogen-bond acceptors (Lipinski definition) is 4. The van der Waals surface area contributed by atoms with Gasteiger partial charge in [0.25, 0.3) is 0 Å². The van der Waals surface area contributed by atoms with Crippen LogP contribution >= 0.6 is 0 Å². The maximum Gasteiger partial charge on any atom is 0.0319 e. The number of fused-ring (bicyclic) bond motifs is 1. The van der Waals surface area contributed by atoms with Crippen LogP contribution < -0.4 is 0 Å². The molecule has 0 unspecified atom stereocenters. The first-order valence-corrected chi connectivity index (χ1v) is 5.60. The number of aliphatic hydroxyl groups is 4. The highest BCUT2D eigenvalue weighted by Crippen LogP contribution is 2.26. The van der Waals surface area contributed by atoms with Crippen LogP contribution in [0.15, 0.2) is 36.9 Å². The first kappa shape index (κ1) is 22.7. The Hall–Kier alpha value is -1.46. The maximum absolute atomic E-state index is 7.00. The van der Waals surface area contributed by atoms with Crippen LogP contribution in [0.2, 0.25) is 0 Å². The Morgan fingerprint density at radius 2 is 1.32 bits per heavy atom. The molecule has 0 spiro atoms. The topological polar surface area (TPSA) is 80.9 Å². The summed E-state index contributed by atoms with van der Waals surface area (Å²) in [7, 11) is 4.00. The highest BCUT2D eigenvalue weighted by molar-refractivity contribution is 5.77. The van der Waals surface area contributed by atoms with Gasteiger partial charge in [-0.05, 0) is 23.1 Å². The zero-order valence-corrected chi connectivity index (χ0v) is 12.2. The molecule has 1 aromatic rings. The highest BCUT2D eigenvalue weighted by atomic mass is 16.2. The quantitative estimate of drug-likeness (QED) is 0.576. The van der Waals surface area contributed by atoms with Gasteiger partial charge in [-0.2, -0.15) is 0 Å². The smallest absolute Gasteiger partial charge is 0.0319 e. The van der Waals surface area contributed by atoms with Gasteiger partial charge in [0, 0.05) is 28.4 Å². The highest BCUT2D eigenvalue weighted by Gasteiger charge is 2.04. The summed E-state index contributed by atoms with van der Waals surface area (Å²) in [5, 5.41) is 28.0. The van der Waals surface area contributed by atoms with Gasteiger partial charge in [-0.3, -0.25) is 0 Å². The Balaban J connectivity index is -0.000000278.